The van der Waals surface area contributed by atoms with Crippen LogP contribution in [0.4, 0.5) is 0 Å². The molecule has 1 aromatic carbocycles. The summed E-state index contributed by atoms with van der Waals surface area (Å²) in [7, 11) is 1.45. The van der Waals surface area contributed by atoms with E-state index in [4.69, 9.17) is 14.5 Å². The first-order valence-corrected chi connectivity index (χ1v) is 9.34. The van der Waals surface area contributed by atoms with Gasteiger partial charge in [-0.15, -0.1) is 0 Å². The Labute approximate surface area is 163 Å². The largest absolute Gasteiger partial charge is 0.458 e. The van der Waals surface area contributed by atoms with E-state index in [0.29, 0.717) is 18.5 Å². The summed E-state index contributed by atoms with van der Waals surface area (Å²) < 4.78 is 10.7. The number of cyclic esters (lactones) is 1. The Kier molecular flexibility index (Phi) is 4.51. The van der Waals surface area contributed by atoms with Gasteiger partial charge in [0.15, 0.2) is 5.60 Å². The van der Waals surface area contributed by atoms with Gasteiger partial charge in [0.25, 0.3) is 5.91 Å². The topological polar surface area (TPSA) is 68.7 Å². The maximum absolute atomic E-state index is 13.3. The number of rotatable bonds is 3. The van der Waals surface area contributed by atoms with Crippen molar-refractivity contribution in [1.29, 1.82) is 0 Å². The molecule has 1 aromatic heterocycles. The first kappa shape index (κ1) is 18.4. The molecule has 1 atom stereocenters. The smallest absolute Gasteiger partial charge is 0.342 e. The number of aromatic nitrogens is 1. The van der Waals surface area contributed by atoms with Gasteiger partial charge in [-0.3, -0.25) is 4.79 Å². The minimum atomic E-state index is -1.21. The van der Waals surface area contributed by atoms with E-state index in [1.165, 1.54) is 7.11 Å². The van der Waals surface area contributed by atoms with Crippen LogP contribution in [0.5, 0.6) is 0 Å². The van der Waals surface area contributed by atoms with Crippen molar-refractivity contribution in [2.75, 3.05) is 13.7 Å². The standard InChI is InChI=1S/C22H22N2O4/c1-4-18-19-15(10-14-8-6-7-9-17(14)23-19)12-24(18)20(25)16-11-22(5-2,27-3)21(26)28-13-16/h4,6-11H,5,12-13H2,1-3H3/b18-4+. The molecule has 0 saturated heterocycles. The van der Waals surface area contributed by atoms with Gasteiger partial charge in [-0.05, 0) is 31.6 Å². The predicted molar refractivity (Wildman–Crippen MR) is 105 cm³/mol. The van der Waals surface area contributed by atoms with Crippen LogP contribution in [-0.4, -0.2) is 41.1 Å². The second-order valence-corrected chi connectivity index (χ2v) is 6.95. The van der Waals surface area contributed by atoms with Gasteiger partial charge in [-0.1, -0.05) is 31.2 Å². The van der Waals surface area contributed by atoms with Crippen LogP contribution in [0.25, 0.3) is 16.6 Å². The van der Waals surface area contributed by atoms with Gasteiger partial charge in [0.1, 0.15) is 6.61 Å². The van der Waals surface area contributed by atoms with Crippen LogP contribution in [-0.2, 0) is 25.6 Å². The highest BCUT2D eigenvalue weighted by Crippen LogP contribution is 2.35. The van der Waals surface area contributed by atoms with E-state index in [0.717, 1.165) is 27.9 Å². The second kappa shape index (κ2) is 6.87. The molecule has 2 aliphatic heterocycles. The Morgan fingerprint density at radius 1 is 1.39 bits per heavy atom. The number of fused-ring (bicyclic) bond motifs is 2. The van der Waals surface area contributed by atoms with E-state index < -0.39 is 11.6 Å². The van der Waals surface area contributed by atoms with Gasteiger partial charge in [0.05, 0.1) is 29.0 Å². The number of carbonyl (C=O) groups is 2. The fourth-order valence-corrected chi connectivity index (χ4v) is 3.84. The fraction of sp³-hybridized carbons (Fsp3) is 0.318. The van der Waals surface area contributed by atoms with Gasteiger partial charge in [0, 0.05) is 18.1 Å². The zero-order chi connectivity index (χ0) is 19.9. The lowest BCUT2D eigenvalue weighted by Gasteiger charge is -2.31. The molecular formula is C22H22N2O4. The number of esters is 1. The average molecular weight is 378 g/mol. The predicted octanol–water partition coefficient (Wildman–Crippen LogP) is 3.22. The summed E-state index contributed by atoms with van der Waals surface area (Å²) in [6, 6.07) is 9.98. The number of pyridine rings is 1. The molecular weight excluding hydrogens is 356 g/mol. The molecule has 0 saturated carbocycles. The van der Waals surface area contributed by atoms with Crippen molar-refractivity contribution in [2.24, 2.45) is 0 Å². The van der Waals surface area contributed by atoms with E-state index in [2.05, 4.69) is 6.07 Å². The highest BCUT2D eigenvalue weighted by Gasteiger charge is 2.42. The summed E-state index contributed by atoms with van der Waals surface area (Å²) in [5.41, 5.74) is 2.69. The summed E-state index contributed by atoms with van der Waals surface area (Å²) in [5, 5.41) is 1.04. The van der Waals surface area contributed by atoms with E-state index in [-0.39, 0.29) is 12.5 Å². The number of ether oxygens (including phenoxy) is 2. The van der Waals surface area contributed by atoms with Crippen LogP contribution in [0.1, 0.15) is 31.5 Å². The lowest BCUT2D eigenvalue weighted by molar-refractivity contribution is -0.165. The van der Waals surface area contributed by atoms with Crippen molar-refractivity contribution < 1.29 is 19.1 Å². The van der Waals surface area contributed by atoms with E-state index in [1.54, 1.807) is 11.0 Å². The minimum Gasteiger partial charge on any atom is -0.458 e. The number of carbonyl (C=O) groups excluding carboxylic acids is 2. The molecule has 0 spiro atoms. The van der Waals surface area contributed by atoms with Crippen molar-refractivity contribution in [3.05, 3.63) is 59.3 Å². The number of allylic oxidation sites excluding steroid dienone is 1. The maximum atomic E-state index is 13.3. The molecule has 1 amide bonds. The van der Waals surface area contributed by atoms with Crippen molar-refractivity contribution in [3.63, 3.8) is 0 Å². The Balaban J connectivity index is 1.72. The molecule has 0 radical (unpaired) electrons. The number of hydrogen-bond acceptors (Lipinski definition) is 5. The zero-order valence-corrected chi connectivity index (χ0v) is 16.2. The van der Waals surface area contributed by atoms with E-state index in [1.807, 2.05) is 44.2 Å². The number of methoxy groups -OCH3 is 1. The van der Waals surface area contributed by atoms with Gasteiger partial charge in [-0.25, -0.2) is 9.78 Å². The molecule has 0 fully saturated rings. The third kappa shape index (κ3) is 2.72. The Morgan fingerprint density at radius 3 is 2.89 bits per heavy atom. The first-order chi connectivity index (χ1) is 13.5. The molecule has 28 heavy (non-hydrogen) atoms. The minimum absolute atomic E-state index is 0.0536. The highest BCUT2D eigenvalue weighted by molar-refractivity contribution is 6.03. The summed E-state index contributed by atoms with van der Waals surface area (Å²) in [6.07, 6.45) is 3.90. The van der Waals surface area contributed by atoms with Gasteiger partial charge in [-0.2, -0.15) is 0 Å². The zero-order valence-electron chi connectivity index (χ0n) is 16.2. The lowest BCUT2D eigenvalue weighted by Crippen LogP contribution is -2.45. The van der Waals surface area contributed by atoms with E-state index >= 15 is 0 Å². The molecule has 1 unspecified atom stereocenters. The average Bonchev–Trinajstić information content (AvgIpc) is 3.09. The third-order valence-electron chi connectivity index (χ3n) is 5.46. The molecule has 0 bridgehead atoms. The van der Waals surface area contributed by atoms with E-state index in [9.17, 15) is 9.59 Å². The quantitative estimate of drug-likeness (QED) is 0.767. The summed E-state index contributed by atoms with van der Waals surface area (Å²) in [5.74, 6) is -0.657. The lowest BCUT2D eigenvalue weighted by atomic mass is 9.94. The molecule has 6 heteroatoms. The van der Waals surface area contributed by atoms with Crippen LogP contribution in [0.15, 0.2) is 48.1 Å². The first-order valence-electron chi connectivity index (χ1n) is 9.34. The van der Waals surface area contributed by atoms with Crippen molar-refractivity contribution in [1.82, 2.24) is 9.88 Å². The Morgan fingerprint density at radius 2 is 2.18 bits per heavy atom. The molecule has 2 aromatic rings. The molecule has 3 heterocycles. The monoisotopic (exact) mass is 378 g/mol. The summed E-state index contributed by atoms with van der Waals surface area (Å²) in [4.78, 5) is 31.9. The van der Waals surface area contributed by atoms with Crippen LogP contribution < -0.4 is 0 Å². The Hall–Kier alpha value is -2.99. The fourth-order valence-electron chi connectivity index (χ4n) is 3.84. The number of hydrogen-bond donors (Lipinski definition) is 0. The number of para-hydroxylation sites is 1. The maximum Gasteiger partial charge on any atom is 0.342 e. The SMILES string of the molecule is C/C=C1\c2nc3ccccc3cc2CN1C(=O)C1=CC(CC)(OC)C(=O)OC1. The normalized spacial score (nSPS) is 23.0. The van der Waals surface area contributed by atoms with Gasteiger partial charge in [0.2, 0.25) is 0 Å². The molecule has 144 valence electrons. The van der Waals surface area contributed by atoms with Crippen LogP contribution in [0.2, 0.25) is 0 Å². The number of nitrogens with zero attached hydrogens (tertiary/aromatic N) is 2. The number of benzene rings is 1. The second-order valence-electron chi connectivity index (χ2n) is 6.95. The van der Waals surface area contributed by atoms with Crippen molar-refractivity contribution in [3.8, 4) is 0 Å². The van der Waals surface area contributed by atoms with Crippen molar-refractivity contribution >= 4 is 28.5 Å². The van der Waals surface area contributed by atoms with Crippen molar-refractivity contribution in [2.45, 2.75) is 32.4 Å². The van der Waals surface area contributed by atoms with Crippen LogP contribution >= 0.6 is 0 Å². The highest BCUT2D eigenvalue weighted by atomic mass is 16.6. The summed E-state index contributed by atoms with van der Waals surface area (Å²) in [6.45, 7) is 4.10. The molecule has 0 aliphatic carbocycles. The van der Waals surface area contributed by atoms with Crippen LogP contribution in [0, 0.1) is 0 Å². The molecule has 6 nitrogen and oxygen atoms in total. The third-order valence-corrected chi connectivity index (χ3v) is 5.46. The van der Waals surface area contributed by atoms with Crippen LogP contribution in [0.3, 0.4) is 0 Å². The number of amides is 1. The molecule has 2 aliphatic rings. The Bertz CT molecular complexity index is 1030. The van der Waals surface area contributed by atoms with Gasteiger partial charge < -0.3 is 14.4 Å². The van der Waals surface area contributed by atoms with Gasteiger partial charge >= 0.3 is 5.97 Å². The summed E-state index contributed by atoms with van der Waals surface area (Å²) >= 11 is 0. The molecule has 4 rings (SSSR count). The molecule has 0 N–H and O–H groups in total.